The van der Waals surface area contributed by atoms with Gasteiger partial charge in [0.2, 0.25) is 5.91 Å². The monoisotopic (exact) mass is 283 g/mol. The molecular weight excluding hydrogens is 260 g/mol. The average Bonchev–Trinajstić information content (AvgIpc) is 2.42. The molecular formula is C16H23F2NO. The molecule has 0 spiro atoms. The van der Waals surface area contributed by atoms with Crippen LogP contribution in [0, 0.1) is 11.6 Å². The zero-order valence-electron chi connectivity index (χ0n) is 12.1. The largest absolute Gasteiger partial charge is 0.326 e. The van der Waals surface area contributed by atoms with Crippen molar-refractivity contribution in [3.8, 4) is 0 Å². The minimum atomic E-state index is -0.946. The summed E-state index contributed by atoms with van der Waals surface area (Å²) < 4.78 is 25.7. The Bertz CT molecular complexity index is 421. The Balaban J connectivity index is 2.15. The first-order chi connectivity index (χ1) is 9.63. The molecule has 0 saturated heterocycles. The molecule has 0 radical (unpaired) electrons. The zero-order valence-corrected chi connectivity index (χ0v) is 12.1. The Labute approximate surface area is 119 Å². The third kappa shape index (κ3) is 6.64. The number of unbranched alkanes of at least 4 members (excludes halogenated alkanes) is 6. The van der Waals surface area contributed by atoms with Gasteiger partial charge in [0, 0.05) is 18.2 Å². The quantitative estimate of drug-likeness (QED) is 0.632. The van der Waals surface area contributed by atoms with Crippen LogP contribution in [-0.2, 0) is 4.79 Å². The number of benzene rings is 1. The van der Waals surface area contributed by atoms with Gasteiger partial charge in [0.25, 0.3) is 0 Å². The summed E-state index contributed by atoms with van der Waals surface area (Å²) in [6.07, 6.45) is 8.44. The first-order valence-electron chi connectivity index (χ1n) is 7.38. The number of halogens is 2. The molecule has 4 heteroatoms. The standard InChI is InChI=1S/C16H23F2NO/c1-2-3-4-5-6-7-8-9-16(20)19-13-10-11-14(17)15(18)12-13/h10-12H,2-9H2,1H3,(H,19,20). The second-order valence-corrected chi connectivity index (χ2v) is 5.05. The summed E-state index contributed by atoms with van der Waals surface area (Å²) in [5.74, 6) is -2.00. The molecule has 1 aromatic carbocycles. The lowest BCUT2D eigenvalue weighted by Gasteiger charge is -2.05. The highest BCUT2D eigenvalue weighted by Gasteiger charge is 2.06. The summed E-state index contributed by atoms with van der Waals surface area (Å²) in [7, 11) is 0. The van der Waals surface area contributed by atoms with Crippen molar-refractivity contribution >= 4 is 11.6 Å². The zero-order chi connectivity index (χ0) is 14.8. The summed E-state index contributed by atoms with van der Waals surface area (Å²) in [5, 5.41) is 2.58. The molecule has 0 heterocycles. The van der Waals surface area contributed by atoms with Crippen molar-refractivity contribution in [2.45, 2.75) is 58.3 Å². The van der Waals surface area contributed by atoms with Crippen LogP contribution in [0.15, 0.2) is 18.2 Å². The van der Waals surface area contributed by atoms with E-state index >= 15 is 0 Å². The Hall–Kier alpha value is -1.45. The first kappa shape index (κ1) is 16.6. The van der Waals surface area contributed by atoms with E-state index in [-0.39, 0.29) is 5.91 Å². The van der Waals surface area contributed by atoms with Crippen molar-refractivity contribution in [3.63, 3.8) is 0 Å². The van der Waals surface area contributed by atoms with Crippen LogP contribution < -0.4 is 5.32 Å². The van der Waals surface area contributed by atoms with Gasteiger partial charge in [0.15, 0.2) is 11.6 Å². The summed E-state index contributed by atoms with van der Waals surface area (Å²) >= 11 is 0. The molecule has 20 heavy (non-hydrogen) atoms. The van der Waals surface area contributed by atoms with E-state index in [4.69, 9.17) is 0 Å². The highest BCUT2D eigenvalue weighted by Crippen LogP contribution is 2.14. The fourth-order valence-corrected chi connectivity index (χ4v) is 2.04. The number of hydrogen-bond acceptors (Lipinski definition) is 1. The molecule has 0 aliphatic carbocycles. The molecule has 0 atom stereocenters. The van der Waals surface area contributed by atoms with Gasteiger partial charge in [-0.1, -0.05) is 45.4 Å². The summed E-state index contributed by atoms with van der Waals surface area (Å²) in [6, 6.07) is 3.37. The van der Waals surface area contributed by atoms with Gasteiger partial charge in [-0.2, -0.15) is 0 Å². The van der Waals surface area contributed by atoms with Crippen molar-refractivity contribution in [1.29, 1.82) is 0 Å². The second-order valence-electron chi connectivity index (χ2n) is 5.05. The van der Waals surface area contributed by atoms with E-state index < -0.39 is 11.6 Å². The number of rotatable bonds is 9. The van der Waals surface area contributed by atoms with E-state index in [0.717, 1.165) is 31.4 Å². The van der Waals surface area contributed by atoms with Crippen molar-refractivity contribution in [2.24, 2.45) is 0 Å². The van der Waals surface area contributed by atoms with Gasteiger partial charge in [0.05, 0.1) is 0 Å². The third-order valence-corrected chi connectivity index (χ3v) is 3.21. The summed E-state index contributed by atoms with van der Waals surface area (Å²) in [6.45, 7) is 2.18. The minimum Gasteiger partial charge on any atom is -0.326 e. The minimum absolute atomic E-state index is 0.149. The molecule has 2 nitrogen and oxygen atoms in total. The molecule has 0 aromatic heterocycles. The fourth-order valence-electron chi connectivity index (χ4n) is 2.04. The highest BCUT2D eigenvalue weighted by molar-refractivity contribution is 5.90. The van der Waals surface area contributed by atoms with Gasteiger partial charge < -0.3 is 5.32 Å². The molecule has 0 aliphatic heterocycles. The number of amides is 1. The predicted molar refractivity (Wildman–Crippen MR) is 77.6 cm³/mol. The maximum atomic E-state index is 13.0. The number of nitrogens with one attached hydrogen (secondary N) is 1. The van der Waals surface area contributed by atoms with Crippen molar-refractivity contribution < 1.29 is 13.6 Å². The fraction of sp³-hybridized carbons (Fsp3) is 0.562. The van der Waals surface area contributed by atoms with Crippen LogP contribution in [0.1, 0.15) is 58.3 Å². The average molecular weight is 283 g/mol. The highest BCUT2D eigenvalue weighted by atomic mass is 19.2. The van der Waals surface area contributed by atoms with Crippen LogP contribution in [0.2, 0.25) is 0 Å². The number of anilines is 1. The van der Waals surface area contributed by atoms with Crippen molar-refractivity contribution in [1.82, 2.24) is 0 Å². The number of hydrogen-bond donors (Lipinski definition) is 1. The van der Waals surface area contributed by atoms with Crippen LogP contribution in [0.5, 0.6) is 0 Å². The third-order valence-electron chi connectivity index (χ3n) is 3.21. The van der Waals surface area contributed by atoms with Crippen LogP contribution in [-0.4, -0.2) is 5.91 Å². The van der Waals surface area contributed by atoms with Gasteiger partial charge in [-0.15, -0.1) is 0 Å². The van der Waals surface area contributed by atoms with Gasteiger partial charge in [-0.25, -0.2) is 8.78 Å². The molecule has 1 amide bonds. The van der Waals surface area contributed by atoms with E-state index in [1.165, 1.54) is 31.7 Å². The van der Waals surface area contributed by atoms with Gasteiger partial charge in [0.1, 0.15) is 0 Å². The number of carbonyl (C=O) groups is 1. The van der Waals surface area contributed by atoms with E-state index in [0.29, 0.717) is 12.1 Å². The second kappa shape index (κ2) is 9.45. The molecule has 112 valence electrons. The Kier molecular flexibility index (Phi) is 7.85. The normalized spacial score (nSPS) is 10.6. The molecule has 0 saturated carbocycles. The van der Waals surface area contributed by atoms with Crippen LogP contribution in [0.25, 0.3) is 0 Å². The van der Waals surface area contributed by atoms with Crippen LogP contribution >= 0.6 is 0 Å². The van der Waals surface area contributed by atoms with E-state index in [1.54, 1.807) is 0 Å². The lowest BCUT2D eigenvalue weighted by molar-refractivity contribution is -0.116. The van der Waals surface area contributed by atoms with Crippen molar-refractivity contribution in [2.75, 3.05) is 5.32 Å². The van der Waals surface area contributed by atoms with Crippen LogP contribution in [0.3, 0.4) is 0 Å². The molecule has 0 fully saturated rings. The van der Waals surface area contributed by atoms with Gasteiger partial charge in [-0.3, -0.25) is 4.79 Å². The van der Waals surface area contributed by atoms with Crippen LogP contribution in [0.4, 0.5) is 14.5 Å². The topological polar surface area (TPSA) is 29.1 Å². The van der Waals surface area contributed by atoms with Gasteiger partial charge >= 0.3 is 0 Å². The number of carbonyl (C=O) groups excluding carboxylic acids is 1. The predicted octanol–water partition coefficient (Wildman–Crippen LogP) is 5.04. The van der Waals surface area contributed by atoms with Crippen molar-refractivity contribution in [3.05, 3.63) is 29.8 Å². The molecule has 0 bridgehead atoms. The van der Waals surface area contributed by atoms with E-state index in [1.807, 2.05) is 0 Å². The van der Waals surface area contributed by atoms with E-state index in [9.17, 15) is 13.6 Å². The van der Waals surface area contributed by atoms with Gasteiger partial charge in [-0.05, 0) is 18.6 Å². The lowest BCUT2D eigenvalue weighted by Crippen LogP contribution is -2.11. The Morgan fingerprint density at radius 3 is 2.30 bits per heavy atom. The van der Waals surface area contributed by atoms with E-state index in [2.05, 4.69) is 12.2 Å². The molecule has 1 aromatic rings. The Morgan fingerprint density at radius 1 is 1.00 bits per heavy atom. The molecule has 0 aliphatic rings. The maximum Gasteiger partial charge on any atom is 0.224 e. The maximum absolute atomic E-state index is 13.0. The lowest BCUT2D eigenvalue weighted by atomic mass is 10.1. The molecule has 0 unspecified atom stereocenters. The molecule has 1 N–H and O–H groups in total. The summed E-state index contributed by atoms with van der Waals surface area (Å²) in [5.41, 5.74) is 0.303. The Morgan fingerprint density at radius 2 is 1.65 bits per heavy atom. The first-order valence-corrected chi connectivity index (χ1v) is 7.38. The smallest absolute Gasteiger partial charge is 0.224 e. The SMILES string of the molecule is CCCCCCCCCC(=O)Nc1ccc(F)c(F)c1. The molecule has 1 rings (SSSR count). The summed E-state index contributed by atoms with van der Waals surface area (Å²) in [4.78, 5) is 11.6.